The molecule has 1 aliphatic heterocycles. The van der Waals surface area contributed by atoms with E-state index in [0.717, 1.165) is 37.6 Å². The van der Waals surface area contributed by atoms with Crippen molar-refractivity contribution in [1.29, 1.82) is 5.26 Å². The minimum absolute atomic E-state index is 0.654. The van der Waals surface area contributed by atoms with Crippen LogP contribution in [0.25, 0.3) is 0 Å². The minimum atomic E-state index is 0.654. The Morgan fingerprint density at radius 3 is 3.05 bits per heavy atom. The van der Waals surface area contributed by atoms with E-state index in [2.05, 4.69) is 27.3 Å². The number of anilines is 1. The zero-order chi connectivity index (χ0) is 15.2. The maximum absolute atomic E-state index is 8.97. The first-order valence-corrected chi connectivity index (χ1v) is 7.70. The first kappa shape index (κ1) is 14.6. The Hall–Kier alpha value is -2.38. The minimum Gasteiger partial charge on any atom is -0.370 e. The van der Waals surface area contributed by atoms with E-state index in [4.69, 9.17) is 5.26 Å². The van der Waals surface area contributed by atoms with Crippen LogP contribution in [0.4, 0.5) is 5.82 Å². The third-order valence-corrected chi connectivity index (χ3v) is 4.07. The lowest BCUT2D eigenvalue weighted by Crippen LogP contribution is -2.22. The summed E-state index contributed by atoms with van der Waals surface area (Å²) >= 11 is 0. The number of nitrogens with zero attached hydrogens (tertiary/aromatic N) is 3. The van der Waals surface area contributed by atoms with Crippen LogP contribution >= 0.6 is 0 Å². The van der Waals surface area contributed by atoms with Crippen molar-refractivity contribution >= 4 is 5.82 Å². The van der Waals surface area contributed by atoms with Crippen molar-refractivity contribution in [2.24, 2.45) is 5.92 Å². The number of pyridine rings is 1. The molecular weight excluding hydrogens is 272 g/mol. The molecule has 0 spiro atoms. The Kier molecular flexibility index (Phi) is 4.67. The van der Waals surface area contributed by atoms with E-state index in [1.165, 1.54) is 12.0 Å². The van der Waals surface area contributed by atoms with Gasteiger partial charge >= 0.3 is 0 Å². The van der Waals surface area contributed by atoms with E-state index in [1.54, 1.807) is 0 Å². The summed E-state index contributed by atoms with van der Waals surface area (Å²) in [6, 6.07) is 16.0. The van der Waals surface area contributed by atoms with Crippen LogP contribution in [-0.2, 0) is 6.54 Å². The number of nitriles is 1. The molecule has 2 heterocycles. The van der Waals surface area contributed by atoms with Crippen LogP contribution in [0.5, 0.6) is 0 Å². The molecule has 4 nitrogen and oxygen atoms in total. The molecule has 1 aromatic heterocycles. The fourth-order valence-corrected chi connectivity index (χ4v) is 2.94. The molecule has 1 N–H and O–H groups in total. The number of hydrogen-bond donors (Lipinski definition) is 1. The molecule has 0 radical (unpaired) electrons. The van der Waals surface area contributed by atoms with Crippen molar-refractivity contribution in [3.8, 4) is 6.07 Å². The Morgan fingerprint density at radius 2 is 2.23 bits per heavy atom. The summed E-state index contributed by atoms with van der Waals surface area (Å²) in [5.74, 6) is 1.60. The van der Waals surface area contributed by atoms with Gasteiger partial charge in [-0.3, -0.25) is 4.90 Å². The van der Waals surface area contributed by atoms with Crippen molar-refractivity contribution in [2.45, 2.75) is 13.0 Å². The lowest BCUT2D eigenvalue weighted by Gasteiger charge is -2.16. The van der Waals surface area contributed by atoms with Crippen molar-refractivity contribution in [1.82, 2.24) is 9.88 Å². The van der Waals surface area contributed by atoms with Gasteiger partial charge in [0.1, 0.15) is 5.82 Å². The van der Waals surface area contributed by atoms with Crippen molar-refractivity contribution in [2.75, 3.05) is 25.0 Å². The molecule has 0 amide bonds. The number of nitrogens with one attached hydrogen (secondary N) is 1. The van der Waals surface area contributed by atoms with E-state index >= 15 is 0 Å². The molecule has 1 fully saturated rings. The summed E-state index contributed by atoms with van der Waals surface area (Å²) in [5, 5.41) is 12.4. The lowest BCUT2D eigenvalue weighted by atomic mass is 10.1. The Balaban J connectivity index is 1.49. The smallest absolute Gasteiger partial charge is 0.125 e. The highest BCUT2D eigenvalue weighted by atomic mass is 15.1. The highest BCUT2D eigenvalue weighted by molar-refractivity contribution is 5.33. The van der Waals surface area contributed by atoms with Crippen molar-refractivity contribution in [3.05, 3.63) is 59.8 Å². The third-order valence-electron chi connectivity index (χ3n) is 4.07. The highest BCUT2D eigenvalue weighted by Gasteiger charge is 2.22. The Labute approximate surface area is 131 Å². The van der Waals surface area contributed by atoms with Gasteiger partial charge in [0.25, 0.3) is 0 Å². The van der Waals surface area contributed by atoms with Crippen LogP contribution in [0.1, 0.15) is 17.5 Å². The van der Waals surface area contributed by atoms with Crippen LogP contribution in [0.15, 0.2) is 48.7 Å². The molecular formula is C18H20N4. The van der Waals surface area contributed by atoms with Gasteiger partial charge in [0.15, 0.2) is 0 Å². The van der Waals surface area contributed by atoms with Crippen LogP contribution in [-0.4, -0.2) is 29.5 Å². The van der Waals surface area contributed by atoms with Gasteiger partial charge in [-0.05, 0) is 48.7 Å². The second-order valence-electron chi connectivity index (χ2n) is 5.80. The maximum atomic E-state index is 8.97. The monoisotopic (exact) mass is 292 g/mol. The summed E-state index contributed by atoms with van der Waals surface area (Å²) < 4.78 is 0. The van der Waals surface area contributed by atoms with Gasteiger partial charge in [-0.25, -0.2) is 4.98 Å². The molecule has 0 aliphatic carbocycles. The summed E-state index contributed by atoms with van der Waals surface area (Å²) in [6.07, 6.45) is 3.02. The normalized spacial score (nSPS) is 18.0. The predicted molar refractivity (Wildman–Crippen MR) is 87.3 cm³/mol. The zero-order valence-electron chi connectivity index (χ0n) is 12.6. The SMILES string of the molecule is N#Cc1cccc(CN2CC[C@H](CNc3ccccn3)C2)c1. The van der Waals surface area contributed by atoms with E-state index in [0.29, 0.717) is 5.92 Å². The predicted octanol–water partition coefficient (Wildman–Crippen LogP) is 2.89. The van der Waals surface area contributed by atoms with E-state index in [-0.39, 0.29) is 0 Å². The largest absolute Gasteiger partial charge is 0.370 e. The van der Waals surface area contributed by atoms with Crippen LogP contribution in [0.2, 0.25) is 0 Å². The fraction of sp³-hybridized carbons (Fsp3) is 0.333. The van der Waals surface area contributed by atoms with Crippen LogP contribution < -0.4 is 5.32 Å². The summed E-state index contributed by atoms with van der Waals surface area (Å²) in [5.41, 5.74) is 1.96. The topological polar surface area (TPSA) is 52.0 Å². The van der Waals surface area contributed by atoms with Gasteiger partial charge in [0.05, 0.1) is 11.6 Å². The van der Waals surface area contributed by atoms with Crippen LogP contribution in [0, 0.1) is 17.2 Å². The van der Waals surface area contributed by atoms with Gasteiger partial charge in [0.2, 0.25) is 0 Å². The molecule has 3 rings (SSSR count). The molecule has 22 heavy (non-hydrogen) atoms. The van der Waals surface area contributed by atoms with Crippen LogP contribution in [0.3, 0.4) is 0 Å². The second kappa shape index (κ2) is 7.06. The average molecular weight is 292 g/mol. The number of likely N-dealkylation sites (tertiary alicyclic amines) is 1. The standard InChI is InChI=1S/C18H20N4/c19-11-15-4-3-5-16(10-15)13-22-9-7-17(14-22)12-21-18-6-1-2-8-20-18/h1-6,8,10,17H,7,9,12-14H2,(H,20,21)/t17-/m1/s1. The number of benzene rings is 1. The lowest BCUT2D eigenvalue weighted by molar-refractivity contribution is 0.319. The first-order chi connectivity index (χ1) is 10.8. The summed E-state index contributed by atoms with van der Waals surface area (Å²) in [6.45, 7) is 4.10. The average Bonchev–Trinajstić information content (AvgIpc) is 3.01. The van der Waals surface area contributed by atoms with Gasteiger partial charge in [-0.2, -0.15) is 5.26 Å². The molecule has 1 saturated heterocycles. The molecule has 1 aromatic carbocycles. The quantitative estimate of drug-likeness (QED) is 0.920. The molecule has 1 aliphatic rings. The van der Waals surface area contributed by atoms with E-state index in [1.807, 2.05) is 42.6 Å². The Bertz CT molecular complexity index is 648. The Morgan fingerprint density at radius 1 is 1.27 bits per heavy atom. The zero-order valence-corrected chi connectivity index (χ0v) is 12.6. The molecule has 0 bridgehead atoms. The van der Waals surface area contributed by atoms with E-state index < -0.39 is 0 Å². The maximum Gasteiger partial charge on any atom is 0.125 e. The molecule has 2 aromatic rings. The first-order valence-electron chi connectivity index (χ1n) is 7.70. The van der Waals surface area contributed by atoms with Crippen molar-refractivity contribution in [3.63, 3.8) is 0 Å². The van der Waals surface area contributed by atoms with Gasteiger partial charge in [-0.1, -0.05) is 18.2 Å². The highest BCUT2D eigenvalue weighted by Crippen LogP contribution is 2.19. The van der Waals surface area contributed by atoms with Crippen molar-refractivity contribution < 1.29 is 0 Å². The summed E-state index contributed by atoms with van der Waals surface area (Å²) in [4.78, 5) is 6.75. The molecule has 0 saturated carbocycles. The van der Waals surface area contributed by atoms with Gasteiger partial charge < -0.3 is 5.32 Å². The molecule has 1 atom stereocenters. The second-order valence-corrected chi connectivity index (χ2v) is 5.80. The van der Waals surface area contributed by atoms with E-state index in [9.17, 15) is 0 Å². The molecule has 4 heteroatoms. The van der Waals surface area contributed by atoms with Gasteiger partial charge in [0, 0.05) is 25.8 Å². The number of hydrogen-bond acceptors (Lipinski definition) is 4. The molecule has 0 unspecified atom stereocenters. The number of aromatic nitrogens is 1. The third kappa shape index (κ3) is 3.84. The number of rotatable bonds is 5. The summed E-state index contributed by atoms with van der Waals surface area (Å²) in [7, 11) is 0. The molecule has 112 valence electrons. The van der Waals surface area contributed by atoms with Gasteiger partial charge in [-0.15, -0.1) is 0 Å². The fourth-order valence-electron chi connectivity index (χ4n) is 2.94.